The Hall–Kier alpha value is -2.47. The molecule has 2 aromatic rings. The number of furan rings is 1. The van der Waals surface area contributed by atoms with Crippen LogP contribution in [0.5, 0.6) is 5.75 Å². The second-order valence-electron chi connectivity index (χ2n) is 6.31. The molecule has 26 heavy (non-hydrogen) atoms. The second kappa shape index (κ2) is 8.76. The number of nitrogens with zero attached hydrogens (tertiary/aromatic N) is 2. The summed E-state index contributed by atoms with van der Waals surface area (Å²) in [7, 11) is 0. The van der Waals surface area contributed by atoms with E-state index in [9.17, 15) is 4.79 Å². The zero-order valence-electron chi connectivity index (χ0n) is 15.4. The summed E-state index contributed by atoms with van der Waals surface area (Å²) in [4.78, 5) is 15.6. The number of hydrogen-bond donors (Lipinski definition) is 0. The van der Waals surface area contributed by atoms with E-state index in [4.69, 9.17) is 13.9 Å². The first-order valence-corrected chi connectivity index (χ1v) is 9.05. The standard InChI is InChI=1S/C20H26N2O4/c1-3-24-20-7-5-4-6-19(20)22-12-10-21(11-13-22)14-17-8-9-18(26-17)15-25-16(2)23/h4-9H,3,10-15H2,1-2H3. The number of benzene rings is 1. The number of hydrogen-bond acceptors (Lipinski definition) is 6. The Morgan fingerprint density at radius 1 is 1.08 bits per heavy atom. The van der Waals surface area contributed by atoms with Gasteiger partial charge in [-0.1, -0.05) is 12.1 Å². The zero-order valence-corrected chi connectivity index (χ0v) is 15.4. The Labute approximate surface area is 154 Å². The highest BCUT2D eigenvalue weighted by molar-refractivity contribution is 5.65. The lowest BCUT2D eigenvalue weighted by molar-refractivity contribution is -0.142. The number of rotatable bonds is 7. The van der Waals surface area contributed by atoms with Gasteiger partial charge in [0.2, 0.25) is 0 Å². The van der Waals surface area contributed by atoms with Gasteiger partial charge in [-0.3, -0.25) is 9.69 Å². The Bertz CT molecular complexity index is 720. The monoisotopic (exact) mass is 358 g/mol. The first-order valence-electron chi connectivity index (χ1n) is 9.05. The van der Waals surface area contributed by atoms with Crippen molar-refractivity contribution in [2.24, 2.45) is 0 Å². The van der Waals surface area contributed by atoms with Crippen molar-refractivity contribution >= 4 is 11.7 Å². The lowest BCUT2D eigenvalue weighted by Crippen LogP contribution is -2.46. The van der Waals surface area contributed by atoms with Crippen LogP contribution in [0, 0.1) is 0 Å². The topological polar surface area (TPSA) is 55.2 Å². The predicted octanol–water partition coefficient (Wildman–Crippen LogP) is 3.06. The van der Waals surface area contributed by atoms with E-state index in [1.54, 1.807) is 0 Å². The van der Waals surface area contributed by atoms with E-state index in [-0.39, 0.29) is 12.6 Å². The third-order valence-corrected chi connectivity index (χ3v) is 4.39. The lowest BCUT2D eigenvalue weighted by atomic mass is 10.2. The molecule has 0 radical (unpaired) electrons. The Balaban J connectivity index is 1.52. The van der Waals surface area contributed by atoms with E-state index < -0.39 is 0 Å². The Kier molecular flexibility index (Phi) is 6.17. The molecule has 0 spiro atoms. The fourth-order valence-electron chi connectivity index (χ4n) is 3.12. The molecule has 1 fully saturated rings. The molecular weight excluding hydrogens is 332 g/mol. The SMILES string of the molecule is CCOc1ccccc1N1CCN(Cc2ccc(COC(C)=O)o2)CC1. The zero-order chi connectivity index (χ0) is 18.4. The van der Waals surface area contributed by atoms with Crippen molar-refractivity contribution in [3.8, 4) is 5.75 Å². The molecule has 140 valence electrons. The molecule has 0 aliphatic carbocycles. The van der Waals surface area contributed by atoms with Crippen LogP contribution in [0.25, 0.3) is 0 Å². The highest BCUT2D eigenvalue weighted by Gasteiger charge is 2.20. The summed E-state index contributed by atoms with van der Waals surface area (Å²) in [6.45, 7) is 8.85. The molecule has 0 atom stereocenters. The van der Waals surface area contributed by atoms with E-state index >= 15 is 0 Å². The quantitative estimate of drug-likeness (QED) is 0.709. The fraction of sp³-hybridized carbons (Fsp3) is 0.450. The Morgan fingerprint density at radius 2 is 1.81 bits per heavy atom. The van der Waals surface area contributed by atoms with Gasteiger partial charge in [-0.15, -0.1) is 0 Å². The summed E-state index contributed by atoms with van der Waals surface area (Å²) < 4.78 is 16.5. The van der Waals surface area contributed by atoms with Gasteiger partial charge in [0.15, 0.2) is 0 Å². The number of carbonyl (C=O) groups is 1. The van der Waals surface area contributed by atoms with Crippen LogP contribution in [0.15, 0.2) is 40.8 Å². The molecule has 1 aromatic heterocycles. The molecule has 0 bridgehead atoms. The first-order chi connectivity index (χ1) is 12.7. The van der Waals surface area contributed by atoms with Crippen molar-refractivity contribution in [1.82, 2.24) is 4.90 Å². The van der Waals surface area contributed by atoms with Gasteiger partial charge in [0.25, 0.3) is 0 Å². The maximum Gasteiger partial charge on any atom is 0.303 e. The minimum absolute atomic E-state index is 0.192. The third-order valence-electron chi connectivity index (χ3n) is 4.39. The van der Waals surface area contributed by atoms with Crippen LogP contribution in [0.4, 0.5) is 5.69 Å². The normalized spacial score (nSPS) is 15.1. The van der Waals surface area contributed by atoms with E-state index in [1.807, 2.05) is 31.2 Å². The molecular formula is C20H26N2O4. The van der Waals surface area contributed by atoms with Gasteiger partial charge in [-0.2, -0.15) is 0 Å². The molecule has 0 N–H and O–H groups in total. The predicted molar refractivity (Wildman–Crippen MR) is 99.3 cm³/mol. The molecule has 2 heterocycles. The van der Waals surface area contributed by atoms with Gasteiger partial charge in [0, 0.05) is 33.1 Å². The van der Waals surface area contributed by atoms with Crippen LogP contribution in [0.1, 0.15) is 25.4 Å². The minimum atomic E-state index is -0.300. The molecule has 0 amide bonds. The van der Waals surface area contributed by atoms with Crippen molar-refractivity contribution in [3.05, 3.63) is 47.9 Å². The molecule has 1 saturated heterocycles. The first kappa shape index (κ1) is 18.3. The molecule has 1 aliphatic heterocycles. The number of esters is 1. The molecule has 6 nitrogen and oxygen atoms in total. The highest BCUT2D eigenvalue weighted by atomic mass is 16.5. The van der Waals surface area contributed by atoms with Gasteiger partial charge in [-0.25, -0.2) is 0 Å². The van der Waals surface area contributed by atoms with E-state index in [0.29, 0.717) is 12.4 Å². The fourth-order valence-corrected chi connectivity index (χ4v) is 3.12. The summed E-state index contributed by atoms with van der Waals surface area (Å²) in [5.74, 6) is 2.23. The molecule has 6 heteroatoms. The van der Waals surface area contributed by atoms with Crippen molar-refractivity contribution in [2.45, 2.75) is 27.0 Å². The average Bonchev–Trinajstić information content (AvgIpc) is 3.09. The van der Waals surface area contributed by atoms with Gasteiger partial charge in [0.1, 0.15) is 23.9 Å². The van der Waals surface area contributed by atoms with Crippen molar-refractivity contribution in [3.63, 3.8) is 0 Å². The number of carbonyl (C=O) groups excluding carboxylic acids is 1. The number of anilines is 1. The smallest absolute Gasteiger partial charge is 0.303 e. The van der Waals surface area contributed by atoms with E-state index in [0.717, 1.165) is 49.9 Å². The van der Waals surface area contributed by atoms with Crippen LogP contribution in [-0.2, 0) is 22.7 Å². The van der Waals surface area contributed by atoms with Crippen molar-refractivity contribution in [2.75, 3.05) is 37.7 Å². The van der Waals surface area contributed by atoms with Crippen LogP contribution < -0.4 is 9.64 Å². The minimum Gasteiger partial charge on any atom is -0.492 e. The average molecular weight is 358 g/mol. The lowest BCUT2D eigenvalue weighted by Gasteiger charge is -2.36. The Morgan fingerprint density at radius 3 is 2.54 bits per heavy atom. The van der Waals surface area contributed by atoms with Gasteiger partial charge in [-0.05, 0) is 31.2 Å². The maximum atomic E-state index is 10.9. The number of ether oxygens (including phenoxy) is 2. The second-order valence-corrected chi connectivity index (χ2v) is 6.31. The number of piperazine rings is 1. The van der Waals surface area contributed by atoms with Crippen LogP contribution >= 0.6 is 0 Å². The number of para-hydroxylation sites is 2. The summed E-state index contributed by atoms with van der Waals surface area (Å²) in [6, 6.07) is 12.0. The summed E-state index contributed by atoms with van der Waals surface area (Å²) in [6.07, 6.45) is 0. The molecule has 0 unspecified atom stereocenters. The van der Waals surface area contributed by atoms with Crippen molar-refractivity contribution in [1.29, 1.82) is 0 Å². The summed E-state index contributed by atoms with van der Waals surface area (Å²) in [5, 5.41) is 0. The molecule has 3 rings (SSSR count). The van der Waals surface area contributed by atoms with Gasteiger partial charge < -0.3 is 18.8 Å². The summed E-state index contributed by atoms with van der Waals surface area (Å²) >= 11 is 0. The van der Waals surface area contributed by atoms with E-state index in [1.165, 1.54) is 6.92 Å². The highest BCUT2D eigenvalue weighted by Crippen LogP contribution is 2.29. The van der Waals surface area contributed by atoms with Gasteiger partial charge >= 0.3 is 5.97 Å². The molecule has 0 saturated carbocycles. The van der Waals surface area contributed by atoms with Crippen LogP contribution in [0.2, 0.25) is 0 Å². The molecule has 1 aromatic carbocycles. The summed E-state index contributed by atoms with van der Waals surface area (Å²) in [5.41, 5.74) is 1.16. The van der Waals surface area contributed by atoms with Crippen LogP contribution in [-0.4, -0.2) is 43.7 Å². The van der Waals surface area contributed by atoms with E-state index in [2.05, 4.69) is 21.9 Å². The van der Waals surface area contributed by atoms with Crippen molar-refractivity contribution < 1.29 is 18.7 Å². The molecule has 1 aliphatic rings. The third kappa shape index (κ3) is 4.79. The maximum absolute atomic E-state index is 10.9. The van der Waals surface area contributed by atoms with Gasteiger partial charge in [0.05, 0.1) is 18.8 Å². The largest absolute Gasteiger partial charge is 0.492 e. The van der Waals surface area contributed by atoms with Crippen LogP contribution in [0.3, 0.4) is 0 Å².